The summed E-state index contributed by atoms with van der Waals surface area (Å²) in [5.74, 6) is -0.255. The highest BCUT2D eigenvalue weighted by Gasteiger charge is 2.18. The molecule has 5 nitrogen and oxygen atoms in total. The summed E-state index contributed by atoms with van der Waals surface area (Å²) in [4.78, 5) is 12.5. The van der Waals surface area contributed by atoms with Crippen LogP contribution in [0.25, 0.3) is 0 Å². The van der Waals surface area contributed by atoms with Crippen LogP contribution in [0, 0.1) is 0 Å². The second kappa shape index (κ2) is 9.32. The molecule has 0 bridgehead atoms. The molecule has 1 amide bonds. The van der Waals surface area contributed by atoms with Gasteiger partial charge in [0.25, 0.3) is 5.91 Å². The monoisotopic (exact) mass is 442 g/mol. The zero-order chi connectivity index (χ0) is 21.7. The quantitative estimate of drug-likeness (QED) is 0.552. The van der Waals surface area contributed by atoms with Crippen LogP contribution in [0.4, 0.5) is 11.4 Å². The molecule has 0 unspecified atom stereocenters. The van der Waals surface area contributed by atoms with Crippen molar-refractivity contribution in [2.75, 3.05) is 15.9 Å². The lowest BCUT2D eigenvalue weighted by Gasteiger charge is -2.23. The van der Waals surface area contributed by atoms with Crippen molar-refractivity contribution < 1.29 is 13.2 Å². The average molecular weight is 443 g/mol. The molecule has 0 aromatic heterocycles. The van der Waals surface area contributed by atoms with E-state index in [-0.39, 0.29) is 12.5 Å². The van der Waals surface area contributed by atoms with E-state index in [2.05, 4.69) is 12.2 Å². The smallest absolute Gasteiger partial charge is 0.255 e. The van der Waals surface area contributed by atoms with Crippen molar-refractivity contribution in [2.24, 2.45) is 0 Å². The van der Waals surface area contributed by atoms with Gasteiger partial charge in [-0.2, -0.15) is 0 Å². The summed E-state index contributed by atoms with van der Waals surface area (Å²) in [6.45, 7) is 2.24. The Hall–Kier alpha value is -2.83. The first-order valence-electron chi connectivity index (χ1n) is 9.49. The predicted octanol–water partition coefficient (Wildman–Crippen LogP) is 5.12. The van der Waals surface area contributed by atoms with Gasteiger partial charge in [0.05, 0.1) is 18.5 Å². The molecule has 1 N–H and O–H groups in total. The van der Waals surface area contributed by atoms with E-state index in [0.717, 1.165) is 18.2 Å². The van der Waals surface area contributed by atoms with Crippen molar-refractivity contribution in [1.29, 1.82) is 0 Å². The molecule has 30 heavy (non-hydrogen) atoms. The maximum absolute atomic E-state index is 12.5. The Morgan fingerprint density at radius 1 is 0.900 bits per heavy atom. The molecule has 3 aromatic rings. The fraction of sp³-hybridized carbons (Fsp3) is 0.174. The summed E-state index contributed by atoms with van der Waals surface area (Å²) in [5, 5.41) is 3.44. The van der Waals surface area contributed by atoms with Crippen molar-refractivity contribution in [3.8, 4) is 0 Å². The molecule has 0 aliphatic carbocycles. The molecule has 0 spiro atoms. The van der Waals surface area contributed by atoms with Crippen LogP contribution in [-0.2, 0) is 23.0 Å². The number of sulfonamides is 1. The van der Waals surface area contributed by atoms with E-state index in [1.54, 1.807) is 48.5 Å². The molecule has 0 atom stereocenters. The number of carbonyl (C=O) groups is 1. The SMILES string of the molecule is CCc1ccc(NC(=O)c2ccc(N(Cc3ccc(Cl)cc3)S(C)(=O)=O)cc2)cc1. The Bertz CT molecular complexity index is 1110. The summed E-state index contributed by atoms with van der Waals surface area (Å²) >= 11 is 5.91. The van der Waals surface area contributed by atoms with Crippen molar-refractivity contribution >= 4 is 38.9 Å². The van der Waals surface area contributed by atoms with Gasteiger partial charge in [-0.3, -0.25) is 9.10 Å². The molecule has 0 saturated heterocycles. The van der Waals surface area contributed by atoms with Gasteiger partial charge in [0.2, 0.25) is 10.0 Å². The Labute approximate surface area is 182 Å². The number of aryl methyl sites for hydroxylation is 1. The Morgan fingerprint density at radius 2 is 1.47 bits per heavy atom. The van der Waals surface area contributed by atoms with E-state index in [1.165, 1.54) is 9.87 Å². The van der Waals surface area contributed by atoms with Gasteiger partial charge in [-0.25, -0.2) is 8.42 Å². The Morgan fingerprint density at radius 3 is 2.00 bits per heavy atom. The Kier molecular flexibility index (Phi) is 6.80. The number of nitrogens with one attached hydrogen (secondary N) is 1. The summed E-state index contributed by atoms with van der Waals surface area (Å²) in [7, 11) is -3.51. The first kappa shape index (κ1) is 21.9. The van der Waals surface area contributed by atoms with Gasteiger partial charge in [0.1, 0.15) is 0 Å². The number of carbonyl (C=O) groups excluding carboxylic acids is 1. The molecule has 0 radical (unpaired) electrons. The number of amides is 1. The average Bonchev–Trinajstić information content (AvgIpc) is 2.73. The largest absolute Gasteiger partial charge is 0.322 e. The van der Waals surface area contributed by atoms with Crippen molar-refractivity contribution in [2.45, 2.75) is 19.9 Å². The molecule has 7 heteroatoms. The normalized spacial score (nSPS) is 11.2. The van der Waals surface area contributed by atoms with Gasteiger partial charge in [0, 0.05) is 16.3 Å². The topological polar surface area (TPSA) is 66.5 Å². The van der Waals surface area contributed by atoms with Crippen LogP contribution in [0.3, 0.4) is 0 Å². The number of rotatable bonds is 7. The van der Waals surface area contributed by atoms with Gasteiger partial charge in [-0.15, -0.1) is 0 Å². The van der Waals surface area contributed by atoms with Gasteiger partial charge in [-0.1, -0.05) is 42.8 Å². The highest BCUT2D eigenvalue weighted by molar-refractivity contribution is 7.92. The van der Waals surface area contributed by atoms with Crippen LogP contribution in [0.5, 0.6) is 0 Å². The van der Waals surface area contributed by atoms with Gasteiger partial charge >= 0.3 is 0 Å². The molecule has 0 saturated carbocycles. The first-order chi connectivity index (χ1) is 14.3. The molecule has 156 valence electrons. The van der Waals surface area contributed by atoms with Crippen LogP contribution in [0.15, 0.2) is 72.8 Å². The molecular weight excluding hydrogens is 420 g/mol. The predicted molar refractivity (Wildman–Crippen MR) is 123 cm³/mol. The minimum Gasteiger partial charge on any atom is -0.322 e. The van der Waals surface area contributed by atoms with Gasteiger partial charge in [-0.05, 0) is 66.1 Å². The maximum Gasteiger partial charge on any atom is 0.255 e. The minimum absolute atomic E-state index is 0.172. The molecule has 3 rings (SSSR count). The number of hydrogen-bond acceptors (Lipinski definition) is 3. The van der Waals surface area contributed by atoms with E-state index < -0.39 is 10.0 Å². The molecule has 0 heterocycles. The number of nitrogens with zero attached hydrogens (tertiary/aromatic N) is 1. The standard InChI is InChI=1S/C23H23ClN2O3S/c1-3-17-6-12-21(13-7-17)25-23(27)19-8-14-22(15-9-19)26(30(2,28)29)16-18-4-10-20(24)11-5-18/h4-15H,3,16H2,1-2H3,(H,25,27). The first-order valence-corrected chi connectivity index (χ1v) is 11.7. The Balaban J connectivity index is 1.77. The van der Waals surface area contributed by atoms with Crippen molar-refractivity contribution in [3.63, 3.8) is 0 Å². The summed E-state index contributed by atoms with van der Waals surface area (Å²) in [5.41, 5.74) is 3.64. The molecule has 3 aromatic carbocycles. The lowest BCUT2D eigenvalue weighted by molar-refractivity contribution is 0.102. The fourth-order valence-corrected chi connectivity index (χ4v) is 3.98. The number of hydrogen-bond donors (Lipinski definition) is 1. The number of benzene rings is 3. The van der Waals surface area contributed by atoms with Crippen molar-refractivity contribution in [1.82, 2.24) is 0 Å². The zero-order valence-electron chi connectivity index (χ0n) is 16.8. The third kappa shape index (κ3) is 5.62. The second-order valence-electron chi connectivity index (χ2n) is 6.95. The number of halogens is 1. The highest BCUT2D eigenvalue weighted by atomic mass is 35.5. The molecule has 0 fully saturated rings. The van der Waals surface area contributed by atoms with E-state index in [4.69, 9.17) is 11.6 Å². The third-order valence-corrected chi connectivity index (χ3v) is 6.07. The summed E-state index contributed by atoms with van der Waals surface area (Å²) in [6.07, 6.45) is 2.09. The van der Waals surface area contributed by atoms with Gasteiger partial charge in [0.15, 0.2) is 0 Å². The molecule has 0 aliphatic rings. The lowest BCUT2D eigenvalue weighted by Crippen LogP contribution is -2.29. The maximum atomic E-state index is 12.5. The van der Waals surface area contributed by atoms with E-state index >= 15 is 0 Å². The number of anilines is 2. The minimum atomic E-state index is -3.51. The van der Waals surface area contributed by atoms with Crippen LogP contribution < -0.4 is 9.62 Å². The summed E-state index contributed by atoms with van der Waals surface area (Å²) in [6, 6.07) is 21.2. The molecular formula is C23H23ClN2O3S. The van der Waals surface area contributed by atoms with Crippen molar-refractivity contribution in [3.05, 3.63) is 94.5 Å². The third-order valence-electron chi connectivity index (χ3n) is 4.68. The molecule has 0 aliphatic heterocycles. The van der Waals surface area contributed by atoms with E-state index in [0.29, 0.717) is 22.0 Å². The van der Waals surface area contributed by atoms with Crippen LogP contribution in [0.2, 0.25) is 5.02 Å². The highest BCUT2D eigenvalue weighted by Crippen LogP contribution is 2.22. The zero-order valence-corrected chi connectivity index (χ0v) is 18.4. The lowest BCUT2D eigenvalue weighted by atomic mass is 10.1. The second-order valence-corrected chi connectivity index (χ2v) is 9.29. The van der Waals surface area contributed by atoms with Crippen LogP contribution in [0.1, 0.15) is 28.4 Å². The van der Waals surface area contributed by atoms with Gasteiger partial charge < -0.3 is 5.32 Å². The van der Waals surface area contributed by atoms with E-state index in [1.807, 2.05) is 24.3 Å². The van der Waals surface area contributed by atoms with E-state index in [9.17, 15) is 13.2 Å². The summed E-state index contributed by atoms with van der Waals surface area (Å²) < 4.78 is 26.0. The fourth-order valence-electron chi connectivity index (χ4n) is 2.96. The van der Waals surface area contributed by atoms with Crippen LogP contribution >= 0.6 is 11.6 Å². The van der Waals surface area contributed by atoms with Crippen LogP contribution in [-0.4, -0.2) is 20.6 Å².